The van der Waals surface area contributed by atoms with Crippen molar-refractivity contribution in [3.63, 3.8) is 0 Å². The summed E-state index contributed by atoms with van der Waals surface area (Å²) in [6.07, 6.45) is 2.46. The number of carbonyl (C=O) groups is 2. The highest BCUT2D eigenvalue weighted by Gasteiger charge is 2.24. The van der Waals surface area contributed by atoms with E-state index in [0.29, 0.717) is 38.2 Å². The van der Waals surface area contributed by atoms with Crippen LogP contribution in [0.1, 0.15) is 36.5 Å². The van der Waals surface area contributed by atoms with E-state index in [1.165, 1.54) is 18.2 Å². The molecule has 2 rings (SSSR count). The van der Waals surface area contributed by atoms with Crippen LogP contribution >= 0.6 is 11.6 Å². The number of hydrogen-bond acceptors (Lipinski definition) is 2. The number of rotatable bonds is 4. The van der Waals surface area contributed by atoms with Gasteiger partial charge in [-0.2, -0.15) is 0 Å². The Balaban J connectivity index is 1.92. The fourth-order valence-electron chi connectivity index (χ4n) is 2.46. The molecule has 0 unspecified atom stereocenters. The van der Waals surface area contributed by atoms with Gasteiger partial charge in [-0.1, -0.05) is 24.9 Å². The number of piperazine rings is 1. The minimum absolute atomic E-state index is 0.0563. The van der Waals surface area contributed by atoms with E-state index < -0.39 is 5.82 Å². The van der Waals surface area contributed by atoms with E-state index >= 15 is 0 Å². The predicted molar refractivity (Wildman–Crippen MR) is 83.4 cm³/mol. The molecule has 0 saturated carbocycles. The Kier molecular flexibility index (Phi) is 5.77. The molecular weight excluding hydrogens is 307 g/mol. The number of hydrogen-bond donors (Lipinski definition) is 0. The van der Waals surface area contributed by atoms with Crippen LogP contribution in [0, 0.1) is 5.82 Å². The number of amides is 2. The zero-order valence-electron chi connectivity index (χ0n) is 12.6. The lowest BCUT2D eigenvalue weighted by atomic mass is 10.1. The summed E-state index contributed by atoms with van der Waals surface area (Å²) in [5.74, 6) is -0.564. The van der Waals surface area contributed by atoms with Crippen molar-refractivity contribution in [2.75, 3.05) is 26.2 Å². The van der Waals surface area contributed by atoms with Crippen molar-refractivity contribution < 1.29 is 14.0 Å². The molecule has 1 aliphatic rings. The molecule has 120 valence electrons. The van der Waals surface area contributed by atoms with Gasteiger partial charge in [-0.3, -0.25) is 9.59 Å². The molecule has 1 saturated heterocycles. The molecule has 1 fully saturated rings. The maximum atomic E-state index is 13.1. The molecule has 0 atom stereocenters. The number of halogens is 2. The average molecular weight is 327 g/mol. The molecular formula is C16H20ClFN2O2. The molecule has 1 aromatic rings. The van der Waals surface area contributed by atoms with E-state index in [9.17, 15) is 14.0 Å². The molecule has 6 heteroatoms. The maximum absolute atomic E-state index is 13.1. The van der Waals surface area contributed by atoms with Crippen molar-refractivity contribution in [1.82, 2.24) is 9.80 Å². The number of carbonyl (C=O) groups excluding carboxylic acids is 2. The maximum Gasteiger partial charge on any atom is 0.254 e. The first kappa shape index (κ1) is 16.7. The Morgan fingerprint density at radius 1 is 1.18 bits per heavy atom. The summed E-state index contributed by atoms with van der Waals surface area (Å²) in [5.41, 5.74) is 0.372. The Bertz CT molecular complexity index is 557. The summed E-state index contributed by atoms with van der Waals surface area (Å²) in [7, 11) is 0. The van der Waals surface area contributed by atoms with E-state index in [0.717, 1.165) is 12.8 Å². The van der Waals surface area contributed by atoms with E-state index in [1.807, 2.05) is 0 Å². The molecule has 0 aromatic heterocycles. The van der Waals surface area contributed by atoms with Gasteiger partial charge >= 0.3 is 0 Å². The molecule has 0 radical (unpaired) electrons. The molecule has 1 heterocycles. The van der Waals surface area contributed by atoms with Crippen molar-refractivity contribution in [3.05, 3.63) is 34.6 Å². The summed E-state index contributed by atoms with van der Waals surface area (Å²) >= 11 is 5.71. The predicted octanol–water partition coefficient (Wildman–Crippen LogP) is 2.95. The van der Waals surface area contributed by atoms with Gasteiger partial charge in [0, 0.05) is 38.2 Å². The molecule has 1 aromatic carbocycles. The monoisotopic (exact) mass is 326 g/mol. The van der Waals surface area contributed by atoms with Crippen LogP contribution in [-0.2, 0) is 4.79 Å². The summed E-state index contributed by atoms with van der Waals surface area (Å²) in [6, 6.07) is 3.97. The van der Waals surface area contributed by atoms with Crippen LogP contribution in [0.25, 0.3) is 0 Å². The van der Waals surface area contributed by atoms with E-state index in [2.05, 4.69) is 6.92 Å². The fourth-order valence-corrected chi connectivity index (χ4v) is 2.64. The SMILES string of the molecule is CCCCC(=O)N1CCN(C(=O)c2ccc(F)c(Cl)c2)CC1. The second-order valence-corrected chi connectivity index (χ2v) is 5.81. The van der Waals surface area contributed by atoms with E-state index in [1.54, 1.807) is 9.80 Å². The third kappa shape index (κ3) is 3.97. The first-order chi connectivity index (χ1) is 10.5. The molecule has 4 nitrogen and oxygen atoms in total. The Labute approximate surface area is 134 Å². The van der Waals surface area contributed by atoms with Crippen LogP contribution in [0.15, 0.2) is 18.2 Å². The Morgan fingerprint density at radius 3 is 2.41 bits per heavy atom. The molecule has 22 heavy (non-hydrogen) atoms. The summed E-state index contributed by atoms with van der Waals surface area (Å²) in [4.78, 5) is 27.8. The first-order valence-corrected chi connectivity index (χ1v) is 7.92. The summed E-state index contributed by atoms with van der Waals surface area (Å²) < 4.78 is 13.1. The Morgan fingerprint density at radius 2 is 1.82 bits per heavy atom. The molecule has 0 spiro atoms. The number of nitrogens with zero attached hydrogens (tertiary/aromatic N) is 2. The van der Waals surface area contributed by atoms with Crippen LogP contribution in [0.3, 0.4) is 0 Å². The van der Waals surface area contributed by atoms with Gasteiger partial charge in [0.25, 0.3) is 5.91 Å². The van der Waals surface area contributed by atoms with Gasteiger partial charge in [-0.15, -0.1) is 0 Å². The average Bonchev–Trinajstić information content (AvgIpc) is 2.54. The highest BCUT2D eigenvalue weighted by Crippen LogP contribution is 2.18. The van der Waals surface area contributed by atoms with Gasteiger partial charge < -0.3 is 9.80 Å². The standard InChI is InChI=1S/C16H20ClFN2O2/c1-2-3-4-15(21)19-7-9-20(10-8-19)16(22)12-5-6-14(18)13(17)11-12/h5-6,11H,2-4,7-10H2,1H3. The third-order valence-electron chi connectivity index (χ3n) is 3.83. The van der Waals surface area contributed by atoms with Crippen LogP contribution in [0.5, 0.6) is 0 Å². The van der Waals surface area contributed by atoms with Crippen LogP contribution in [0.4, 0.5) is 4.39 Å². The molecule has 0 aliphatic carbocycles. The first-order valence-electron chi connectivity index (χ1n) is 7.55. The Hall–Kier alpha value is -1.62. The van der Waals surface area contributed by atoms with Crippen LogP contribution in [-0.4, -0.2) is 47.8 Å². The van der Waals surface area contributed by atoms with Crippen molar-refractivity contribution in [2.45, 2.75) is 26.2 Å². The molecule has 0 bridgehead atoms. The zero-order valence-corrected chi connectivity index (χ0v) is 13.4. The van der Waals surface area contributed by atoms with Crippen molar-refractivity contribution in [3.8, 4) is 0 Å². The highest BCUT2D eigenvalue weighted by molar-refractivity contribution is 6.31. The molecule has 0 N–H and O–H groups in total. The topological polar surface area (TPSA) is 40.6 Å². The van der Waals surface area contributed by atoms with E-state index in [-0.39, 0.29) is 16.8 Å². The second-order valence-electron chi connectivity index (χ2n) is 5.41. The quantitative estimate of drug-likeness (QED) is 0.853. The minimum Gasteiger partial charge on any atom is -0.339 e. The minimum atomic E-state index is -0.537. The van der Waals surface area contributed by atoms with Gasteiger partial charge in [0.15, 0.2) is 0 Å². The van der Waals surface area contributed by atoms with Crippen LogP contribution < -0.4 is 0 Å². The number of benzene rings is 1. The third-order valence-corrected chi connectivity index (χ3v) is 4.12. The second kappa shape index (κ2) is 7.58. The largest absolute Gasteiger partial charge is 0.339 e. The lowest BCUT2D eigenvalue weighted by Crippen LogP contribution is -2.50. The number of unbranched alkanes of at least 4 members (excludes halogenated alkanes) is 1. The summed E-state index contributed by atoms with van der Waals surface area (Å²) in [6.45, 7) is 4.13. The fraction of sp³-hybridized carbons (Fsp3) is 0.500. The van der Waals surface area contributed by atoms with E-state index in [4.69, 9.17) is 11.6 Å². The van der Waals surface area contributed by atoms with Gasteiger partial charge in [0.2, 0.25) is 5.91 Å². The smallest absolute Gasteiger partial charge is 0.254 e. The van der Waals surface area contributed by atoms with Gasteiger partial charge in [-0.05, 0) is 24.6 Å². The lowest BCUT2D eigenvalue weighted by molar-refractivity contribution is -0.132. The van der Waals surface area contributed by atoms with Gasteiger partial charge in [0.05, 0.1) is 5.02 Å². The van der Waals surface area contributed by atoms with Crippen LogP contribution in [0.2, 0.25) is 5.02 Å². The molecule has 2 amide bonds. The lowest BCUT2D eigenvalue weighted by Gasteiger charge is -2.35. The summed E-state index contributed by atoms with van der Waals surface area (Å²) in [5, 5.41) is -0.0563. The van der Waals surface area contributed by atoms with Gasteiger partial charge in [0.1, 0.15) is 5.82 Å². The molecule has 1 aliphatic heterocycles. The normalized spacial score (nSPS) is 15.0. The van der Waals surface area contributed by atoms with Crippen molar-refractivity contribution in [2.24, 2.45) is 0 Å². The highest BCUT2D eigenvalue weighted by atomic mass is 35.5. The van der Waals surface area contributed by atoms with Crippen molar-refractivity contribution in [1.29, 1.82) is 0 Å². The zero-order chi connectivity index (χ0) is 16.1. The van der Waals surface area contributed by atoms with Gasteiger partial charge in [-0.25, -0.2) is 4.39 Å². The van der Waals surface area contributed by atoms with Crippen molar-refractivity contribution >= 4 is 23.4 Å².